The van der Waals surface area contributed by atoms with Crippen LogP contribution in [0.4, 0.5) is 0 Å². The van der Waals surface area contributed by atoms with E-state index >= 15 is 0 Å². The summed E-state index contributed by atoms with van der Waals surface area (Å²) in [6.07, 6.45) is 3.98. The highest BCUT2D eigenvalue weighted by Crippen LogP contribution is 2.42. The van der Waals surface area contributed by atoms with Crippen molar-refractivity contribution < 1.29 is 19.1 Å². The number of carbonyl (C=O) groups excluding carboxylic acids is 2. The quantitative estimate of drug-likeness (QED) is 0.576. The van der Waals surface area contributed by atoms with Crippen LogP contribution >= 0.6 is 0 Å². The lowest BCUT2D eigenvalue weighted by atomic mass is 10.1. The minimum atomic E-state index is -0.357. The van der Waals surface area contributed by atoms with Crippen molar-refractivity contribution in [1.29, 1.82) is 0 Å². The van der Waals surface area contributed by atoms with E-state index in [0.717, 1.165) is 42.3 Å². The number of methoxy groups -OCH3 is 1. The zero-order chi connectivity index (χ0) is 18.1. The van der Waals surface area contributed by atoms with E-state index in [-0.39, 0.29) is 17.9 Å². The van der Waals surface area contributed by atoms with Crippen LogP contribution in [0.1, 0.15) is 61.6 Å². The molecule has 1 heterocycles. The Labute approximate surface area is 147 Å². The van der Waals surface area contributed by atoms with E-state index in [1.165, 1.54) is 7.11 Å². The van der Waals surface area contributed by atoms with Crippen molar-refractivity contribution in [2.24, 2.45) is 5.92 Å². The van der Waals surface area contributed by atoms with Gasteiger partial charge in [-0.2, -0.15) is 0 Å². The third kappa shape index (κ3) is 3.28. The third-order valence-electron chi connectivity index (χ3n) is 4.86. The molecule has 5 heteroatoms. The summed E-state index contributed by atoms with van der Waals surface area (Å²) in [7, 11) is 1.39. The van der Waals surface area contributed by atoms with Crippen molar-refractivity contribution >= 4 is 22.8 Å². The van der Waals surface area contributed by atoms with Gasteiger partial charge in [0.05, 0.1) is 18.6 Å². The molecule has 5 nitrogen and oxygen atoms in total. The molecule has 1 aliphatic carbocycles. The summed E-state index contributed by atoms with van der Waals surface area (Å²) >= 11 is 0. The molecule has 0 amide bonds. The summed E-state index contributed by atoms with van der Waals surface area (Å²) in [4.78, 5) is 24.5. The van der Waals surface area contributed by atoms with Crippen LogP contribution in [0.5, 0.6) is 5.75 Å². The Balaban J connectivity index is 2.01. The number of esters is 2. The standard InChI is InChI=1S/C20H25NO4/c1-5-6-12(2)19(22)25-15-9-10-17-16(11-15)18(20(23)24-4)13(3)21(17)14-7-8-14/h9-12,14H,5-8H2,1-4H3. The second-order valence-electron chi connectivity index (χ2n) is 6.84. The maximum Gasteiger partial charge on any atom is 0.340 e. The Kier molecular flexibility index (Phi) is 4.84. The smallest absolute Gasteiger partial charge is 0.340 e. The normalized spacial score (nSPS) is 15.2. The second-order valence-corrected chi connectivity index (χ2v) is 6.84. The van der Waals surface area contributed by atoms with Gasteiger partial charge in [-0.3, -0.25) is 4.79 Å². The van der Waals surface area contributed by atoms with Crippen LogP contribution in [0, 0.1) is 12.8 Å². The van der Waals surface area contributed by atoms with Crippen molar-refractivity contribution in [2.45, 2.75) is 52.5 Å². The fourth-order valence-electron chi connectivity index (χ4n) is 3.42. The SMILES string of the molecule is CCCC(C)C(=O)Oc1ccc2c(c1)c(C(=O)OC)c(C)n2C1CC1. The van der Waals surface area contributed by atoms with E-state index in [1.54, 1.807) is 12.1 Å². The van der Waals surface area contributed by atoms with Crippen molar-refractivity contribution in [2.75, 3.05) is 7.11 Å². The summed E-state index contributed by atoms with van der Waals surface area (Å²) in [5.41, 5.74) is 2.46. The summed E-state index contributed by atoms with van der Waals surface area (Å²) in [6.45, 7) is 5.86. The predicted octanol–water partition coefficient (Wildman–Crippen LogP) is 4.41. The molecule has 0 spiro atoms. The van der Waals surface area contributed by atoms with Crippen LogP contribution in [0.15, 0.2) is 18.2 Å². The molecule has 134 valence electrons. The number of ether oxygens (including phenoxy) is 2. The topological polar surface area (TPSA) is 57.5 Å². The lowest BCUT2D eigenvalue weighted by Crippen LogP contribution is -2.17. The Morgan fingerprint density at radius 1 is 1.32 bits per heavy atom. The predicted molar refractivity (Wildman–Crippen MR) is 96.0 cm³/mol. The zero-order valence-electron chi connectivity index (χ0n) is 15.3. The fourth-order valence-corrected chi connectivity index (χ4v) is 3.42. The number of benzene rings is 1. The van der Waals surface area contributed by atoms with E-state index in [2.05, 4.69) is 4.57 Å². The Morgan fingerprint density at radius 3 is 2.64 bits per heavy atom. The number of hydrogen-bond donors (Lipinski definition) is 0. The first-order valence-corrected chi connectivity index (χ1v) is 8.92. The van der Waals surface area contributed by atoms with Crippen LogP contribution in [-0.2, 0) is 9.53 Å². The first-order valence-electron chi connectivity index (χ1n) is 8.92. The average molecular weight is 343 g/mol. The highest BCUT2D eigenvalue weighted by Gasteiger charge is 2.30. The lowest BCUT2D eigenvalue weighted by molar-refractivity contribution is -0.138. The van der Waals surface area contributed by atoms with Crippen molar-refractivity contribution in [3.05, 3.63) is 29.5 Å². The minimum Gasteiger partial charge on any atom is -0.465 e. The highest BCUT2D eigenvalue weighted by molar-refractivity contribution is 6.06. The molecule has 2 aromatic rings. The molecule has 0 bridgehead atoms. The number of fused-ring (bicyclic) bond motifs is 1. The van der Waals surface area contributed by atoms with Gasteiger partial charge in [0.2, 0.25) is 0 Å². The van der Waals surface area contributed by atoms with Gasteiger partial charge in [0.25, 0.3) is 0 Å². The second kappa shape index (κ2) is 6.90. The van der Waals surface area contributed by atoms with Gasteiger partial charge >= 0.3 is 11.9 Å². The van der Waals surface area contributed by atoms with E-state index < -0.39 is 0 Å². The van der Waals surface area contributed by atoms with Gasteiger partial charge in [-0.25, -0.2) is 4.79 Å². The first kappa shape index (κ1) is 17.5. The van der Waals surface area contributed by atoms with Crippen LogP contribution in [0.2, 0.25) is 0 Å². The fraction of sp³-hybridized carbons (Fsp3) is 0.500. The number of rotatable bonds is 6. The molecule has 25 heavy (non-hydrogen) atoms. The zero-order valence-corrected chi connectivity index (χ0v) is 15.3. The Hall–Kier alpha value is -2.30. The molecule has 0 N–H and O–H groups in total. The van der Waals surface area contributed by atoms with E-state index in [9.17, 15) is 9.59 Å². The average Bonchev–Trinajstić information content (AvgIpc) is 3.37. The van der Waals surface area contributed by atoms with Crippen LogP contribution in [-0.4, -0.2) is 23.6 Å². The molecule has 0 radical (unpaired) electrons. The van der Waals surface area contributed by atoms with Crippen molar-refractivity contribution in [3.8, 4) is 5.75 Å². The van der Waals surface area contributed by atoms with Gasteiger partial charge in [-0.15, -0.1) is 0 Å². The number of nitrogens with zero attached hydrogens (tertiary/aromatic N) is 1. The third-order valence-corrected chi connectivity index (χ3v) is 4.86. The van der Waals surface area contributed by atoms with Gasteiger partial charge in [0.15, 0.2) is 0 Å². The van der Waals surface area contributed by atoms with E-state index in [1.807, 2.05) is 26.8 Å². The molecule has 1 atom stereocenters. The monoisotopic (exact) mass is 343 g/mol. The molecule has 1 unspecified atom stereocenters. The van der Waals surface area contributed by atoms with E-state index in [0.29, 0.717) is 17.4 Å². The van der Waals surface area contributed by atoms with Gasteiger partial charge < -0.3 is 14.0 Å². The summed E-state index contributed by atoms with van der Waals surface area (Å²) in [6, 6.07) is 5.96. The van der Waals surface area contributed by atoms with E-state index in [4.69, 9.17) is 9.47 Å². The maximum atomic E-state index is 12.3. The summed E-state index contributed by atoms with van der Waals surface area (Å²) in [5.74, 6) is -0.263. The molecule has 0 aliphatic heterocycles. The van der Waals surface area contributed by atoms with Gasteiger partial charge in [0, 0.05) is 22.6 Å². The molecular formula is C20H25NO4. The van der Waals surface area contributed by atoms with Gasteiger partial charge in [-0.1, -0.05) is 20.3 Å². The molecular weight excluding hydrogens is 318 g/mol. The van der Waals surface area contributed by atoms with Crippen molar-refractivity contribution in [1.82, 2.24) is 4.57 Å². The first-order chi connectivity index (χ1) is 12.0. The lowest BCUT2D eigenvalue weighted by Gasteiger charge is -2.10. The number of hydrogen-bond acceptors (Lipinski definition) is 4. The largest absolute Gasteiger partial charge is 0.465 e. The van der Waals surface area contributed by atoms with Gasteiger partial charge in [0.1, 0.15) is 5.75 Å². The molecule has 3 rings (SSSR count). The summed E-state index contributed by atoms with van der Waals surface area (Å²) < 4.78 is 12.7. The molecule has 1 aromatic heterocycles. The minimum absolute atomic E-state index is 0.140. The molecule has 0 saturated heterocycles. The Bertz CT molecular complexity index is 817. The Morgan fingerprint density at radius 2 is 2.04 bits per heavy atom. The molecule has 1 saturated carbocycles. The number of aromatic nitrogens is 1. The van der Waals surface area contributed by atoms with Crippen LogP contribution in [0.25, 0.3) is 10.9 Å². The molecule has 1 aromatic carbocycles. The van der Waals surface area contributed by atoms with Gasteiger partial charge in [-0.05, 0) is 44.4 Å². The highest BCUT2D eigenvalue weighted by atomic mass is 16.5. The van der Waals surface area contributed by atoms with Crippen LogP contribution < -0.4 is 4.74 Å². The summed E-state index contributed by atoms with van der Waals surface area (Å²) in [5, 5.41) is 0.782. The van der Waals surface area contributed by atoms with Crippen LogP contribution in [0.3, 0.4) is 0 Å². The maximum absolute atomic E-state index is 12.3. The molecule has 1 fully saturated rings. The van der Waals surface area contributed by atoms with Crippen molar-refractivity contribution in [3.63, 3.8) is 0 Å². The molecule has 1 aliphatic rings. The number of carbonyl (C=O) groups is 2.